The van der Waals surface area contributed by atoms with Gasteiger partial charge in [0.25, 0.3) is 11.5 Å². The summed E-state index contributed by atoms with van der Waals surface area (Å²) in [6.45, 7) is 0.675. The number of anilines is 3. The molecule has 0 saturated carbocycles. The monoisotopic (exact) mass is 486 g/mol. The number of piperidine rings is 1. The topological polar surface area (TPSA) is 153 Å². The lowest BCUT2D eigenvalue weighted by Crippen LogP contribution is -2.37. The van der Waals surface area contributed by atoms with Gasteiger partial charge in [0.2, 0.25) is 5.95 Å². The highest BCUT2D eigenvalue weighted by atomic mass is 35.5. The number of carbonyl (C=O) groups is 2. The molecule has 34 heavy (non-hydrogen) atoms. The van der Waals surface area contributed by atoms with E-state index in [4.69, 9.17) is 22.1 Å². The summed E-state index contributed by atoms with van der Waals surface area (Å²) in [4.78, 5) is 45.4. The fourth-order valence-electron chi connectivity index (χ4n) is 3.84. The number of primary amides is 1. The van der Waals surface area contributed by atoms with Crippen molar-refractivity contribution in [2.24, 2.45) is 18.7 Å². The molecular weight excluding hydrogens is 464 g/mol. The van der Waals surface area contributed by atoms with Gasteiger partial charge in [-0.1, -0.05) is 11.6 Å². The van der Waals surface area contributed by atoms with Crippen LogP contribution in [0.4, 0.5) is 17.5 Å². The highest BCUT2D eigenvalue weighted by molar-refractivity contribution is 6.32. The fraction of sp³-hybridized carbons (Fsp3) is 0.318. The lowest BCUT2D eigenvalue weighted by Gasteiger charge is -2.30. The van der Waals surface area contributed by atoms with E-state index in [0.717, 1.165) is 0 Å². The number of carbonyl (C=O) groups excluding carboxylic acids is 1. The molecule has 1 amide bonds. The van der Waals surface area contributed by atoms with Crippen LogP contribution in [0.5, 0.6) is 5.75 Å². The van der Waals surface area contributed by atoms with Crippen LogP contribution in [-0.4, -0.2) is 51.2 Å². The number of hydrogen-bond acceptors (Lipinski definition) is 8. The first-order valence-corrected chi connectivity index (χ1v) is 10.9. The highest BCUT2D eigenvalue weighted by Gasteiger charge is 2.26. The van der Waals surface area contributed by atoms with E-state index >= 15 is 0 Å². The second-order valence-corrected chi connectivity index (χ2v) is 8.40. The van der Waals surface area contributed by atoms with Gasteiger partial charge in [0, 0.05) is 31.2 Å². The Labute approximate surface area is 199 Å². The number of halogens is 1. The minimum atomic E-state index is -0.781. The van der Waals surface area contributed by atoms with E-state index < -0.39 is 18.5 Å². The Hall–Kier alpha value is -3.86. The predicted octanol–water partition coefficient (Wildman–Crippen LogP) is 1.89. The van der Waals surface area contributed by atoms with E-state index in [-0.39, 0.29) is 17.2 Å². The van der Waals surface area contributed by atoms with Gasteiger partial charge in [-0.2, -0.15) is 4.98 Å². The Bertz CT molecular complexity index is 1320. The average Bonchev–Trinajstić information content (AvgIpc) is 2.82. The molecule has 0 bridgehead atoms. The molecule has 0 atom stereocenters. The second kappa shape index (κ2) is 9.56. The average molecular weight is 487 g/mol. The molecule has 3 heterocycles. The third-order valence-corrected chi connectivity index (χ3v) is 5.96. The summed E-state index contributed by atoms with van der Waals surface area (Å²) >= 11 is 6.32. The van der Waals surface area contributed by atoms with Gasteiger partial charge in [-0.05, 0) is 37.1 Å². The van der Waals surface area contributed by atoms with Crippen LogP contribution in [0.15, 0.2) is 35.3 Å². The molecule has 4 N–H and O–H groups in total. The molecule has 0 radical (unpaired) electrons. The van der Waals surface area contributed by atoms with E-state index in [1.807, 2.05) is 4.90 Å². The maximum Gasteiger partial charge on any atom is 0.306 e. The van der Waals surface area contributed by atoms with Crippen molar-refractivity contribution >= 4 is 51.8 Å². The van der Waals surface area contributed by atoms with E-state index in [2.05, 4.69) is 15.3 Å². The number of hydrogen-bond donors (Lipinski definition) is 3. The van der Waals surface area contributed by atoms with Crippen LogP contribution in [-0.2, 0) is 16.6 Å². The van der Waals surface area contributed by atoms with Gasteiger partial charge >= 0.3 is 5.97 Å². The van der Waals surface area contributed by atoms with Crippen LogP contribution in [0.25, 0.3) is 10.9 Å². The number of benzene rings is 1. The summed E-state index contributed by atoms with van der Waals surface area (Å²) in [5, 5.41) is 13.4. The number of carboxylic acid groups (broad SMARTS) is 1. The van der Waals surface area contributed by atoms with Gasteiger partial charge in [-0.25, -0.2) is 4.98 Å². The first-order valence-electron chi connectivity index (χ1n) is 10.5. The highest BCUT2D eigenvalue weighted by Crippen LogP contribution is 2.29. The summed E-state index contributed by atoms with van der Waals surface area (Å²) < 4.78 is 6.68. The lowest BCUT2D eigenvalue weighted by atomic mass is 9.97. The molecule has 0 spiro atoms. The molecule has 4 rings (SSSR count). The van der Waals surface area contributed by atoms with E-state index in [1.54, 1.807) is 31.3 Å². The molecule has 178 valence electrons. The zero-order chi connectivity index (χ0) is 24.4. The normalized spacial score (nSPS) is 14.2. The number of fused-ring (bicyclic) bond motifs is 1. The molecular formula is C22H23ClN6O5. The van der Waals surface area contributed by atoms with Crippen molar-refractivity contribution < 1.29 is 19.4 Å². The van der Waals surface area contributed by atoms with Gasteiger partial charge in [0.15, 0.2) is 18.2 Å². The summed E-state index contributed by atoms with van der Waals surface area (Å²) in [7, 11) is 1.61. The van der Waals surface area contributed by atoms with Gasteiger partial charge in [0.05, 0.1) is 17.6 Å². The lowest BCUT2D eigenvalue weighted by molar-refractivity contribution is -0.142. The predicted molar refractivity (Wildman–Crippen MR) is 127 cm³/mol. The molecule has 1 aromatic carbocycles. The van der Waals surface area contributed by atoms with Crippen LogP contribution in [0.3, 0.4) is 0 Å². The van der Waals surface area contributed by atoms with Crippen molar-refractivity contribution in [3.63, 3.8) is 0 Å². The van der Waals surface area contributed by atoms with Crippen LogP contribution in [0.1, 0.15) is 12.8 Å². The van der Waals surface area contributed by atoms with E-state index in [1.165, 1.54) is 10.8 Å². The number of nitrogens with one attached hydrogen (secondary N) is 1. The molecule has 1 aliphatic heterocycles. The number of carboxylic acids is 1. The van der Waals surface area contributed by atoms with Crippen molar-refractivity contribution in [3.05, 3.63) is 45.8 Å². The summed E-state index contributed by atoms with van der Waals surface area (Å²) in [5.74, 6) is -0.956. The first kappa shape index (κ1) is 23.3. The van der Waals surface area contributed by atoms with Crippen molar-refractivity contribution in [2.45, 2.75) is 12.8 Å². The van der Waals surface area contributed by atoms with Crippen molar-refractivity contribution in [3.8, 4) is 5.75 Å². The number of rotatable bonds is 7. The maximum atomic E-state index is 12.5. The molecule has 3 aromatic rings. The number of aromatic nitrogens is 3. The number of aryl methyl sites for hydroxylation is 1. The first-order chi connectivity index (χ1) is 16.2. The van der Waals surface area contributed by atoms with E-state index in [0.29, 0.717) is 59.3 Å². The number of nitrogens with zero attached hydrogens (tertiary/aromatic N) is 4. The minimum Gasteiger partial charge on any atom is -0.481 e. The van der Waals surface area contributed by atoms with Crippen LogP contribution in [0, 0.1) is 5.92 Å². The molecule has 11 nitrogen and oxygen atoms in total. The minimum absolute atomic E-state index is 0.0121. The quantitative estimate of drug-likeness (QED) is 0.454. The van der Waals surface area contributed by atoms with Crippen LogP contribution in [0.2, 0.25) is 5.02 Å². The largest absolute Gasteiger partial charge is 0.481 e. The summed E-state index contributed by atoms with van der Waals surface area (Å²) in [6.07, 6.45) is 2.54. The molecule has 0 unspecified atom stereocenters. The Balaban J connectivity index is 1.59. The standard InChI is InChI=1S/C22H23ClN6O5/c1-28-16-3-2-14(8-13(16)9-17(20(28)31)34-11-18(24)30)26-19-15(23)10-25-22(27-19)29-6-4-12(5-7-29)21(32)33/h2-3,8-10,12H,4-7,11H2,1H3,(H2,24,30)(H,32,33)(H,25,26,27). The van der Waals surface area contributed by atoms with Gasteiger partial charge < -0.3 is 30.4 Å². The van der Waals surface area contributed by atoms with Crippen molar-refractivity contribution in [2.75, 3.05) is 29.9 Å². The van der Waals surface area contributed by atoms with Crippen LogP contribution >= 0.6 is 11.6 Å². The molecule has 1 saturated heterocycles. The molecule has 1 fully saturated rings. The Kier molecular flexibility index (Phi) is 6.55. The van der Waals surface area contributed by atoms with Gasteiger partial charge in [-0.3, -0.25) is 14.4 Å². The number of nitrogens with two attached hydrogens (primary N) is 1. The van der Waals surface area contributed by atoms with Crippen LogP contribution < -0.4 is 26.2 Å². The Morgan fingerprint density at radius 2 is 2.03 bits per heavy atom. The number of amides is 1. The molecule has 0 aliphatic carbocycles. The third kappa shape index (κ3) is 4.88. The van der Waals surface area contributed by atoms with Crippen molar-refractivity contribution in [1.29, 1.82) is 0 Å². The third-order valence-electron chi connectivity index (χ3n) is 5.68. The smallest absolute Gasteiger partial charge is 0.306 e. The zero-order valence-electron chi connectivity index (χ0n) is 18.3. The zero-order valence-corrected chi connectivity index (χ0v) is 19.1. The number of ether oxygens (including phenoxy) is 1. The summed E-state index contributed by atoms with van der Waals surface area (Å²) in [5.41, 5.74) is 6.05. The SMILES string of the molecule is Cn1c(=O)c(OCC(N)=O)cc2cc(Nc3nc(N4CCC(C(=O)O)CC4)ncc3Cl)ccc21. The number of pyridine rings is 1. The Morgan fingerprint density at radius 3 is 2.71 bits per heavy atom. The fourth-order valence-corrected chi connectivity index (χ4v) is 3.98. The second-order valence-electron chi connectivity index (χ2n) is 7.99. The molecule has 1 aliphatic rings. The Morgan fingerprint density at radius 1 is 1.29 bits per heavy atom. The van der Waals surface area contributed by atoms with Gasteiger partial charge in [0.1, 0.15) is 5.02 Å². The molecule has 2 aromatic heterocycles. The summed E-state index contributed by atoms with van der Waals surface area (Å²) in [6, 6.07) is 6.89. The van der Waals surface area contributed by atoms with Gasteiger partial charge in [-0.15, -0.1) is 0 Å². The maximum absolute atomic E-state index is 12.5. The van der Waals surface area contributed by atoms with E-state index in [9.17, 15) is 19.5 Å². The molecule has 12 heteroatoms. The van der Waals surface area contributed by atoms with Crippen molar-refractivity contribution in [1.82, 2.24) is 14.5 Å². The number of aliphatic carboxylic acids is 1.